The fraction of sp³-hybridized carbons (Fsp3) is 0.350. The van der Waals surface area contributed by atoms with Gasteiger partial charge in [-0.2, -0.15) is 5.10 Å². The van der Waals surface area contributed by atoms with Crippen LogP contribution in [0.15, 0.2) is 41.1 Å². The molecule has 146 valence electrons. The van der Waals surface area contributed by atoms with Gasteiger partial charge in [0.15, 0.2) is 0 Å². The molecule has 0 N–H and O–H groups in total. The Kier molecular flexibility index (Phi) is 4.95. The van der Waals surface area contributed by atoms with Crippen LogP contribution in [0.4, 0.5) is 4.39 Å². The number of amides is 1. The Labute approximate surface area is 162 Å². The van der Waals surface area contributed by atoms with Crippen molar-refractivity contribution in [2.45, 2.75) is 20.4 Å². The minimum atomic E-state index is -0.302. The molecule has 28 heavy (non-hydrogen) atoms. The molecule has 1 aliphatic rings. The van der Waals surface area contributed by atoms with Gasteiger partial charge in [0.25, 0.3) is 5.91 Å². The van der Waals surface area contributed by atoms with Crippen molar-refractivity contribution in [3.63, 3.8) is 0 Å². The Hall–Kier alpha value is -3.00. The third-order valence-corrected chi connectivity index (χ3v) is 5.03. The first-order chi connectivity index (χ1) is 13.5. The fourth-order valence-electron chi connectivity index (χ4n) is 3.46. The van der Waals surface area contributed by atoms with E-state index in [-0.39, 0.29) is 11.7 Å². The number of halogens is 1. The number of hydrogen-bond acceptors (Lipinski definition) is 5. The highest BCUT2D eigenvalue weighted by Crippen LogP contribution is 2.18. The summed E-state index contributed by atoms with van der Waals surface area (Å²) in [4.78, 5) is 17.1. The Morgan fingerprint density at radius 3 is 2.50 bits per heavy atom. The molecule has 1 aliphatic heterocycles. The second-order valence-corrected chi connectivity index (χ2v) is 7.03. The molecule has 1 saturated heterocycles. The van der Waals surface area contributed by atoms with Gasteiger partial charge in [0, 0.05) is 38.8 Å². The summed E-state index contributed by atoms with van der Waals surface area (Å²) in [6.45, 7) is 7.31. The molecular formula is C20H22FN5O2. The van der Waals surface area contributed by atoms with E-state index in [4.69, 9.17) is 4.52 Å². The van der Waals surface area contributed by atoms with Crippen LogP contribution in [0, 0.1) is 19.7 Å². The molecule has 0 aliphatic carbocycles. The topological polar surface area (TPSA) is 67.4 Å². The highest BCUT2D eigenvalue weighted by atomic mass is 19.1. The van der Waals surface area contributed by atoms with Gasteiger partial charge in [-0.05, 0) is 38.1 Å². The van der Waals surface area contributed by atoms with Crippen LogP contribution in [0.2, 0.25) is 0 Å². The second-order valence-electron chi connectivity index (χ2n) is 7.03. The largest absolute Gasteiger partial charge is 0.361 e. The van der Waals surface area contributed by atoms with Gasteiger partial charge < -0.3 is 9.42 Å². The quantitative estimate of drug-likeness (QED) is 0.693. The fourth-order valence-corrected chi connectivity index (χ4v) is 3.46. The molecule has 7 nitrogen and oxygen atoms in total. The van der Waals surface area contributed by atoms with Crippen LogP contribution < -0.4 is 0 Å². The van der Waals surface area contributed by atoms with Crippen molar-refractivity contribution in [1.29, 1.82) is 0 Å². The molecule has 1 fully saturated rings. The molecule has 4 rings (SSSR count). The van der Waals surface area contributed by atoms with E-state index in [2.05, 4.69) is 15.2 Å². The molecule has 3 heterocycles. The van der Waals surface area contributed by atoms with Gasteiger partial charge in [-0.15, -0.1) is 0 Å². The van der Waals surface area contributed by atoms with Gasteiger partial charge in [-0.3, -0.25) is 9.69 Å². The Morgan fingerprint density at radius 1 is 1.14 bits per heavy atom. The maximum atomic E-state index is 13.1. The predicted octanol–water partition coefficient (Wildman–Crippen LogP) is 2.57. The van der Waals surface area contributed by atoms with Crippen LogP contribution in [0.1, 0.15) is 27.5 Å². The average molecular weight is 383 g/mol. The van der Waals surface area contributed by atoms with E-state index in [1.807, 2.05) is 24.8 Å². The third-order valence-electron chi connectivity index (χ3n) is 5.03. The monoisotopic (exact) mass is 383 g/mol. The number of rotatable bonds is 4. The van der Waals surface area contributed by atoms with Crippen LogP contribution >= 0.6 is 0 Å². The lowest BCUT2D eigenvalue weighted by molar-refractivity contribution is 0.0625. The van der Waals surface area contributed by atoms with Gasteiger partial charge in [-0.1, -0.05) is 5.16 Å². The standard InChI is InChI=1S/C20H22FN5O2/c1-14-11-17(23-28-14)13-24-7-9-25(10-8-24)20(27)19-12-22-26(15(19)2)18-5-3-16(21)4-6-18/h3-6,11-12H,7-10,13H2,1-2H3. The van der Waals surface area contributed by atoms with Crippen LogP contribution in [-0.2, 0) is 6.54 Å². The number of carbonyl (C=O) groups is 1. The normalized spacial score (nSPS) is 15.2. The molecule has 0 radical (unpaired) electrons. The van der Waals surface area contributed by atoms with Crippen molar-refractivity contribution in [2.75, 3.05) is 26.2 Å². The Bertz CT molecular complexity index is 971. The number of benzene rings is 1. The second kappa shape index (κ2) is 7.55. The lowest BCUT2D eigenvalue weighted by Gasteiger charge is -2.34. The zero-order valence-corrected chi connectivity index (χ0v) is 15.9. The summed E-state index contributed by atoms with van der Waals surface area (Å²) in [5, 5.41) is 8.35. The van der Waals surface area contributed by atoms with E-state index in [9.17, 15) is 9.18 Å². The lowest BCUT2D eigenvalue weighted by atomic mass is 10.2. The summed E-state index contributed by atoms with van der Waals surface area (Å²) in [7, 11) is 0. The Balaban J connectivity index is 1.41. The summed E-state index contributed by atoms with van der Waals surface area (Å²) in [6.07, 6.45) is 1.59. The number of aromatic nitrogens is 3. The molecule has 2 aromatic heterocycles. The maximum Gasteiger partial charge on any atom is 0.257 e. The highest BCUT2D eigenvalue weighted by Gasteiger charge is 2.25. The smallest absolute Gasteiger partial charge is 0.257 e. The summed E-state index contributed by atoms with van der Waals surface area (Å²) < 4.78 is 19.9. The van der Waals surface area contributed by atoms with Gasteiger partial charge in [0.1, 0.15) is 11.6 Å². The van der Waals surface area contributed by atoms with E-state index in [0.29, 0.717) is 18.7 Å². The summed E-state index contributed by atoms with van der Waals surface area (Å²) in [5.41, 5.74) is 2.96. The highest BCUT2D eigenvalue weighted by molar-refractivity contribution is 5.95. The zero-order valence-electron chi connectivity index (χ0n) is 15.9. The molecule has 0 spiro atoms. The lowest BCUT2D eigenvalue weighted by Crippen LogP contribution is -2.48. The van der Waals surface area contributed by atoms with E-state index >= 15 is 0 Å². The van der Waals surface area contributed by atoms with Gasteiger partial charge in [-0.25, -0.2) is 9.07 Å². The van der Waals surface area contributed by atoms with Crippen LogP contribution in [-0.4, -0.2) is 56.8 Å². The number of aryl methyl sites for hydroxylation is 1. The summed E-state index contributed by atoms with van der Waals surface area (Å²) in [6, 6.07) is 7.99. The molecule has 8 heteroatoms. The van der Waals surface area contributed by atoms with Crippen LogP contribution in [0.5, 0.6) is 0 Å². The molecule has 1 aromatic carbocycles. The zero-order chi connectivity index (χ0) is 19.7. The van der Waals surface area contributed by atoms with E-state index in [1.54, 1.807) is 23.0 Å². The van der Waals surface area contributed by atoms with Gasteiger partial charge in [0.05, 0.1) is 28.8 Å². The van der Waals surface area contributed by atoms with Crippen molar-refractivity contribution in [3.05, 3.63) is 65.1 Å². The molecule has 0 saturated carbocycles. The predicted molar refractivity (Wildman–Crippen MR) is 101 cm³/mol. The Morgan fingerprint density at radius 2 is 1.86 bits per heavy atom. The SMILES string of the molecule is Cc1cc(CN2CCN(C(=O)c3cnn(-c4ccc(F)cc4)c3C)CC2)no1. The van der Waals surface area contributed by atoms with Crippen molar-refractivity contribution in [3.8, 4) is 5.69 Å². The van der Waals surface area contributed by atoms with Crippen molar-refractivity contribution in [1.82, 2.24) is 24.7 Å². The summed E-state index contributed by atoms with van der Waals surface area (Å²) >= 11 is 0. The maximum absolute atomic E-state index is 13.1. The summed E-state index contributed by atoms with van der Waals surface area (Å²) in [5.74, 6) is 0.476. The van der Waals surface area contributed by atoms with E-state index in [0.717, 1.165) is 42.5 Å². The number of hydrogen-bond donors (Lipinski definition) is 0. The van der Waals surface area contributed by atoms with Crippen LogP contribution in [0.3, 0.4) is 0 Å². The molecular weight excluding hydrogens is 361 g/mol. The molecule has 1 amide bonds. The number of piperazine rings is 1. The van der Waals surface area contributed by atoms with Crippen molar-refractivity contribution in [2.24, 2.45) is 0 Å². The van der Waals surface area contributed by atoms with E-state index in [1.165, 1.54) is 12.1 Å². The first kappa shape index (κ1) is 18.4. The average Bonchev–Trinajstić information content (AvgIpc) is 3.28. The first-order valence-electron chi connectivity index (χ1n) is 9.25. The van der Waals surface area contributed by atoms with Crippen molar-refractivity contribution >= 4 is 5.91 Å². The number of carbonyl (C=O) groups excluding carboxylic acids is 1. The molecule has 0 unspecified atom stereocenters. The molecule has 0 atom stereocenters. The van der Waals surface area contributed by atoms with Crippen molar-refractivity contribution < 1.29 is 13.7 Å². The molecule has 3 aromatic rings. The minimum absolute atomic E-state index is 0.0252. The number of nitrogens with zero attached hydrogens (tertiary/aromatic N) is 5. The van der Waals surface area contributed by atoms with Gasteiger partial charge >= 0.3 is 0 Å². The minimum Gasteiger partial charge on any atom is -0.361 e. The van der Waals surface area contributed by atoms with E-state index < -0.39 is 0 Å². The van der Waals surface area contributed by atoms with Crippen LogP contribution in [0.25, 0.3) is 5.69 Å². The first-order valence-corrected chi connectivity index (χ1v) is 9.25. The van der Waals surface area contributed by atoms with Gasteiger partial charge in [0.2, 0.25) is 0 Å². The third kappa shape index (κ3) is 3.68. The molecule has 0 bridgehead atoms.